The van der Waals surface area contributed by atoms with Crippen molar-refractivity contribution in [1.29, 1.82) is 0 Å². The molecule has 17 heavy (non-hydrogen) atoms. The lowest BCUT2D eigenvalue weighted by Gasteiger charge is -2.43. The van der Waals surface area contributed by atoms with Gasteiger partial charge >= 0.3 is 0 Å². The Morgan fingerprint density at radius 1 is 1.29 bits per heavy atom. The smallest absolute Gasteiger partial charge is 0.207 e. The second-order valence-corrected chi connectivity index (χ2v) is 4.66. The molecule has 102 valence electrons. The van der Waals surface area contributed by atoms with Crippen molar-refractivity contribution in [3.8, 4) is 0 Å². The van der Waals surface area contributed by atoms with Crippen LogP contribution in [0.5, 0.6) is 0 Å². The Kier molecular flexibility index (Phi) is 8.17. The van der Waals surface area contributed by atoms with Crippen LogP contribution in [0, 0.1) is 0 Å². The van der Waals surface area contributed by atoms with E-state index in [2.05, 4.69) is 29.4 Å². The standard InChI is InChI=1S/C11H23N3O.C2H6/c1-10(2)14-6-4-11(12-3,5-7-14)8-13-9-15;1-2/h9-10,12H,4-8H2,1-3H3,(H,13,15);1-2H3. The van der Waals surface area contributed by atoms with Gasteiger partial charge in [0.15, 0.2) is 0 Å². The molecule has 0 unspecified atom stereocenters. The monoisotopic (exact) mass is 243 g/mol. The van der Waals surface area contributed by atoms with Crippen molar-refractivity contribution in [3.63, 3.8) is 0 Å². The fourth-order valence-corrected chi connectivity index (χ4v) is 2.22. The highest BCUT2D eigenvalue weighted by Gasteiger charge is 2.33. The van der Waals surface area contributed by atoms with Crippen LogP contribution >= 0.6 is 0 Å². The molecule has 0 bridgehead atoms. The molecule has 0 saturated carbocycles. The van der Waals surface area contributed by atoms with Crippen LogP contribution in [0.4, 0.5) is 0 Å². The van der Waals surface area contributed by atoms with Crippen molar-refractivity contribution in [2.24, 2.45) is 0 Å². The largest absolute Gasteiger partial charge is 0.357 e. The van der Waals surface area contributed by atoms with E-state index in [9.17, 15) is 4.79 Å². The molecule has 1 rings (SSSR count). The number of piperidine rings is 1. The summed E-state index contributed by atoms with van der Waals surface area (Å²) in [7, 11) is 1.98. The van der Waals surface area contributed by atoms with E-state index in [4.69, 9.17) is 0 Å². The number of hydrogen-bond acceptors (Lipinski definition) is 3. The molecule has 1 amide bonds. The van der Waals surface area contributed by atoms with Crippen molar-refractivity contribution < 1.29 is 4.79 Å². The molecule has 1 aliphatic rings. The van der Waals surface area contributed by atoms with Gasteiger partial charge in [0.25, 0.3) is 0 Å². The average molecular weight is 243 g/mol. The van der Waals surface area contributed by atoms with Gasteiger partial charge in [0.05, 0.1) is 0 Å². The molecule has 2 N–H and O–H groups in total. The number of nitrogens with zero attached hydrogens (tertiary/aromatic N) is 1. The van der Waals surface area contributed by atoms with Crippen LogP contribution in [0.2, 0.25) is 0 Å². The molecule has 0 aromatic carbocycles. The van der Waals surface area contributed by atoms with Crippen molar-refractivity contribution >= 4 is 6.41 Å². The Bertz CT molecular complexity index is 199. The van der Waals surface area contributed by atoms with E-state index >= 15 is 0 Å². The lowest BCUT2D eigenvalue weighted by Crippen LogP contribution is -2.58. The maximum absolute atomic E-state index is 10.3. The normalized spacial score (nSPS) is 19.4. The van der Waals surface area contributed by atoms with Crippen molar-refractivity contribution in [1.82, 2.24) is 15.5 Å². The fourth-order valence-electron chi connectivity index (χ4n) is 2.22. The first-order valence-electron chi connectivity index (χ1n) is 6.73. The van der Waals surface area contributed by atoms with Crippen LogP contribution in [0.15, 0.2) is 0 Å². The van der Waals surface area contributed by atoms with Crippen molar-refractivity contribution in [2.45, 2.75) is 52.1 Å². The second-order valence-electron chi connectivity index (χ2n) is 4.66. The van der Waals surface area contributed by atoms with Crippen LogP contribution in [0.3, 0.4) is 0 Å². The lowest BCUT2D eigenvalue weighted by atomic mass is 9.87. The predicted octanol–water partition coefficient (Wildman–Crippen LogP) is 1.22. The molecule has 0 aliphatic carbocycles. The summed E-state index contributed by atoms with van der Waals surface area (Å²) < 4.78 is 0. The van der Waals surface area contributed by atoms with Crippen LogP contribution in [0.1, 0.15) is 40.5 Å². The van der Waals surface area contributed by atoms with Crippen LogP contribution in [-0.4, -0.2) is 49.6 Å². The molecular formula is C13H29N3O. The third-order valence-corrected chi connectivity index (χ3v) is 3.54. The second kappa shape index (κ2) is 8.48. The molecule has 0 aromatic rings. The summed E-state index contributed by atoms with van der Waals surface area (Å²) in [5.74, 6) is 0. The number of hydrogen-bond donors (Lipinski definition) is 2. The molecule has 1 aliphatic heterocycles. The highest BCUT2D eigenvalue weighted by Crippen LogP contribution is 2.22. The quantitative estimate of drug-likeness (QED) is 0.714. The summed E-state index contributed by atoms with van der Waals surface area (Å²) in [5.41, 5.74) is 0.103. The number of amides is 1. The molecule has 0 aromatic heterocycles. The number of rotatable bonds is 5. The zero-order chi connectivity index (χ0) is 13.3. The first-order valence-corrected chi connectivity index (χ1v) is 6.73. The summed E-state index contributed by atoms with van der Waals surface area (Å²) in [4.78, 5) is 12.8. The third-order valence-electron chi connectivity index (χ3n) is 3.54. The average Bonchev–Trinajstić information content (AvgIpc) is 2.39. The van der Waals surface area contributed by atoms with Crippen LogP contribution in [0.25, 0.3) is 0 Å². The Hall–Kier alpha value is -0.610. The van der Waals surface area contributed by atoms with Gasteiger partial charge in [-0.1, -0.05) is 13.8 Å². The highest BCUT2D eigenvalue weighted by atomic mass is 16.1. The first kappa shape index (κ1) is 16.4. The maximum Gasteiger partial charge on any atom is 0.207 e. The third kappa shape index (κ3) is 5.04. The molecule has 1 fully saturated rings. The summed E-state index contributed by atoms with van der Waals surface area (Å²) >= 11 is 0. The molecule has 4 heteroatoms. The van der Waals surface area contributed by atoms with E-state index in [1.165, 1.54) is 0 Å². The Morgan fingerprint density at radius 3 is 2.18 bits per heavy atom. The van der Waals surface area contributed by atoms with Gasteiger partial charge in [0.1, 0.15) is 0 Å². The van der Waals surface area contributed by atoms with Crippen molar-refractivity contribution in [3.05, 3.63) is 0 Å². The van der Waals surface area contributed by atoms with Gasteiger partial charge in [0.2, 0.25) is 6.41 Å². The molecule has 1 saturated heterocycles. The van der Waals surface area contributed by atoms with E-state index in [-0.39, 0.29) is 5.54 Å². The summed E-state index contributed by atoms with van der Waals surface area (Å²) in [6.45, 7) is 11.4. The highest BCUT2D eigenvalue weighted by molar-refractivity contribution is 5.46. The van der Waals surface area contributed by atoms with Gasteiger partial charge in [-0.25, -0.2) is 0 Å². The van der Waals surface area contributed by atoms with E-state index in [1.807, 2.05) is 20.9 Å². The van der Waals surface area contributed by atoms with Gasteiger partial charge < -0.3 is 15.5 Å². The van der Waals surface area contributed by atoms with Crippen LogP contribution in [-0.2, 0) is 4.79 Å². The van der Waals surface area contributed by atoms with Gasteiger partial charge in [-0.3, -0.25) is 4.79 Å². The predicted molar refractivity (Wildman–Crippen MR) is 73.1 cm³/mol. The molecule has 4 nitrogen and oxygen atoms in total. The Labute approximate surface area is 106 Å². The number of likely N-dealkylation sites (N-methyl/N-ethyl adjacent to an activating group) is 1. The van der Waals surface area contributed by atoms with E-state index in [1.54, 1.807) is 0 Å². The first-order chi connectivity index (χ1) is 8.13. The van der Waals surface area contributed by atoms with Crippen LogP contribution < -0.4 is 10.6 Å². The topological polar surface area (TPSA) is 44.4 Å². The maximum atomic E-state index is 10.3. The minimum absolute atomic E-state index is 0.103. The lowest BCUT2D eigenvalue weighted by molar-refractivity contribution is -0.109. The SMILES string of the molecule is CC.CNC1(CNC=O)CCN(C(C)C)CC1. The zero-order valence-electron chi connectivity index (χ0n) is 12.0. The summed E-state index contributed by atoms with van der Waals surface area (Å²) in [5, 5.41) is 6.16. The molecule has 1 heterocycles. The van der Waals surface area contributed by atoms with Gasteiger partial charge in [0, 0.05) is 31.2 Å². The van der Waals surface area contributed by atoms with E-state index in [0.29, 0.717) is 6.04 Å². The Morgan fingerprint density at radius 2 is 1.82 bits per heavy atom. The minimum atomic E-state index is 0.103. The van der Waals surface area contributed by atoms with Crippen molar-refractivity contribution in [2.75, 3.05) is 26.7 Å². The number of carbonyl (C=O) groups excluding carboxylic acids is 1. The molecular weight excluding hydrogens is 214 g/mol. The minimum Gasteiger partial charge on any atom is -0.357 e. The van der Waals surface area contributed by atoms with Gasteiger partial charge in [-0.05, 0) is 33.7 Å². The summed E-state index contributed by atoms with van der Waals surface area (Å²) in [6.07, 6.45) is 2.99. The van der Waals surface area contributed by atoms with E-state index < -0.39 is 0 Å². The number of carbonyl (C=O) groups is 1. The molecule has 0 spiro atoms. The van der Waals surface area contributed by atoms with Gasteiger partial charge in [-0.15, -0.1) is 0 Å². The fraction of sp³-hybridized carbons (Fsp3) is 0.923. The molecule has 0 radical (unpaired) electrons. The number of nitrogens with one attached hydrogen (secondary N) is 2. The Balaban J connectivity index is 0.00000121. The number of likely N-dealkylation sites (tertiary alicyclic amines) is 1. The molecule has 0 atom stereocenters. The van der Waals surface area contributed by atoms with Gasteiger partial charge in [-0.2, -0.15) is 0 Å². The van der Waals surface area contributed by atoms with E-state index in [0.717, 1.165) is 38.9 Å². The summed E-state index contributed by atoms with van der Waals surface area (Å²) in [6, 6.07) is 0.624. The zero-order valence-corrected chi connectivity index (χ0v) is 12.0.